The van der Waals surface area contributed by atoms with Crippen LogP contribution >= 0.6 is 0 Å². The van der Waals surface area contributed by atoms with Gasteiger partial charge in [0.25, 0.3) is 5.91 Å². The van der Waals surface area contributed by atoms with Gasteiger partial charge >= 0.3 is 12.2 Å². The number of ether oxygens (including phenoxy) is 1. The van der Waals surface area contributed by atoms with Gasteiger partial charge in [-0.3, -0.25) is 15.0 Å². The number of nitrogens with zero attached hydrogens (tertiary/aromatic N) is 5. The minimum absolute atomic E-state index is 0.103. The van der Waals surface area contributed by atoms with Crippen LogP contribution in [0.2, 0.25) is 0 Å². The number of hydrogen-bond acceptors (Lipinski definition) is 9. The molecule has 2 aliphatic rings. The van der Waals surface area contributed by atoms with Crippen LogP contribution in [-0.2, 0) is 0 Å². The van der Waals surface area contributed by atoms with Gasteiger partial charge in [-0.25, -0.2) is 19.7 Å². The maximum atomic E-state index is 13.4. The largest absolute Gasteiger partial charge is 0.491 e. The molecule has 2 aliphatic heterocycles. The number of carbonyl (C=O) groups excluding carboxylic acids is 2. The molecule has 4 heterocycles. The molecular formula is C22H26F3N7O5. The normalized spacial score (nSPS) is 18.5. The van der Waals surface area contributed by atoms with Crippen LogP contribution in [0.25, 0.3) is 0 Å². The average molecular weight is 525 g/mol. The van der Waals surface area contributed by atoms with Crippen molar-refractivity contribution >= 4 is 29.3 Å². The SMILES string of the molecule is CC(NC(=O)c1ncc2c(n1)N(C(=O)Nc1cc(OCC(O)CO)ccn1)[C@H]1CCCN2C1)C(F)(F)F. The highest BCUT2D eigenvalue weighted by Gasteiger charge is 2.40. The number of halogens is 3. The number of pyridine rings is 1. The Morgan fingerprint density at radius 1 is 1.32 bits per heavy atom. The van der Waals surface area contributed by atoms with Crippen LogP contribution in [0.15, 0.2) is 24.5 Å². The van der Waals surface area contributed by atoms with E-state index in [0.29, 0.717) is 30.9 Å². The molecule has 0 saturated carbocycles. The van der Waals surface area contributed by atoms with Crippen molar-refractivity contribution in [2.24, 2.45) is 0 Å². The highest BCUT2D eigenvalue weighted by atomic mass is 19.4. The van der Waals surface area contributed by atoms with Crippen LogP contribution in [0.5, 0.6) is 5.75 Å². The average Bonchev–Trinajstić information content (AvgIpc) is 2.86. The maximum absolute atomic E-state index is 13.4. The van der Waals surface area contributed by atoms with E-state index in [2.05, 4.69) is 20.3 Å². The molecule has 0 spiro atoms. The highest BCUT2D eigenvalue weighted by molar-refractivity contribution is 6.04. The van der Waals surface area contributed by atoms with E-state index in [4.69, 9.17) is 9.84 Å². The van der Waals surface area contributed by atoms with Crippen LogP contribution in [0.1, 0.15) is 30.4 Å². The fraction of sp³-hybridized carbons (Fsp3) is 0.500. The Balaban J connectivity index is 1.57. The second-order valence-corrected chi connectivity index (χ2v) is 8.71. The Bertz CT molecular complexity index is 1150. The third-order valence-corrected chi connectivity index (χ3v) is 5.96. The van der Waals surface area contributed by atoms with Gasteiger partial charge in [0.05, 0.1) is 24.5 Å². The second kappa shape index (κ2) is 10.7. The zero-order valence-corrected chi connectivity index (χ0v) is 19.8. The van der Waals surface area contributed by atoms with E-state index in [0.717, 1.165) is 13.3 Å². The Morgan fingerprint density at radius 2 is 2.11 bits per heavy atom. The molecule has 1 saturated heterocycles. The predicted molar refractivity (Wildman–Crippen MR) is 125 cm³/mol. The first-order valence-electron chi connectivity index (χ1n) is 11.5. The molecule has 3 atom stereocenters. The number of aliphatic hydroxyl groups excluding tert-OH is 2. The van der Waals surface area contributed by atoms with Gasteiger partial charge in [0.15, 0.2) is 5.82 Å². The molecular weight excluding hydrogens is 499 g/mol. The molecule has 0 radical (unpaired) electrons. The lowest BCUT2D eigenvalue weighted by Crippen LogP contribution is -2.56. The zero-order chi connectivity index (χ0) is 26.7. The summed E-state index contributed by atoms with van der Waals surface area (Å²) in [4.78, 5) is 41.4. The number of fused-ring (bicyclic) bond motifs is 4. The summed E-state index contributed by atoms with van der Waals surface area (Å²) in [6.45, 7) is 1.34. The Morgan fingerprint density at radius 3 is 2.84 bits per heavy atom. The quantitative estimate of drug-likeness (QED) is 0.419. The van der Waals surface area contributed by atoms with Gasteiger partial charge in [0.1, 0.15) is 30.3 Å². The lowest BCUT2D eigenvalue weighted by Gasteiger charge is -2.45. The van der Waals surface area contributed by atoms with Crippen molar-refractivity contribution in [2.45, 2.75) is 44.1 Å². The molecule has 1 fully saturated rings. The van der Waals surface area contributed by atoms with E-state index in [1.807, 2.05) is 10.2 Å². The molecule has 200 valence electrons. The smallest absolute Gasteiger partial charge is 0.408 e. The molecule has 0 aliphatic carbocycles. The number of piperidine rings is 1. The van der Waals surface area contributed by atoms with Gasteiger partial charge in [-0.1, -0.05) is 0 Å². The van der Waals surface area contributed by atoms with Crippen molar-refractivity contribution in [1.82, 2.24) is 20.3 Å². The molecule has 15 heteroatoms. The highest BCUT2D eigenvalue weighted by Crippen LogP contribution is 2.37. The van der Waals surface area contributed by atoms with Crippen molar-refractivity contribution < 1.29 is 37.7 Å². The molecule has 0 aromatic carbocycles. The first kappa shape index (κ1) is 26.3. The molecule has 37 heavy (non-hydrogen) atoms. The van der Waals surface area contributed by atoms with Crippen LogP contribution in [0.3, 0.4) is 0 Å². The predicted octanol–water partition coefficient (Wildman–Crippen LogP) is 1.31. The van der Waals surface area contributed by atoms with E-state index < -0.39 is 42.7 Å². The summed E-state index contributed by atoms with van der Waals surface area (Å²) in [5, 5.41) is 22.9. The molecule has 12 nitrogen and oxygen atoms in total. The summed E-state index contributed by atoms with van der Waals surface area (Å²) in [5.74, 6) is -1.08. The van der Waals surface area contributed by atoms with Crippen molar-refractivity contribution in [3.05, 3.63) is 30.4 Å². The minimum Gasteiger partial charge on any atom is -0.491 e. The summed E-state index contributed by atoms with van der Waals surface area (Å²) in [6.07, 6.45) is -1.56. The van der Waals surface area contributed by atoms with Gasteiger partial charge in [0, 0.05) is 25.4 Å². The number of aliphatic hydroxyl groups is 2. The van der Waals surface area contributed by atoms with Crippen molar-refractivity contribution in [1.29, 1.82) is 0 Å². The molecule has 2 bridgehead atoms. The Labute approximate surface area is 209 Å². The van der Waals surface area contributed by atoms with Gasteiger partial charge in [0.2, 0.25) is 5.82 Å². The van der Waals surface area contributed by atoms with Gasteiger partial charge < -0.3 is 25.2 Å². The molecule has 3 amide bonds. The summed E-state index contributed by atoms with van der Waals surface area (Å²) < 4.78 is 44.1. The maximum Gasteiger partial charge on any atom is 0.408 e. The summed E-state index contributed by atoms with van der Waals surface area (Å²) >= 11 is 0. The first-order chi connectivity index (χ1) is 17.6. The van der Waals surface area contributed by atoms with Gasteiger partial charge in [-0.15, -0.1) is 0 Å². The minimum atomic E-state index is -4.64. The van der Waals surface area contributed by atoms with Crippen LogP contribution in [-0.4, -0.2) is 87.8 Å². The number of urea groups is 1. The summed E-state index contributed by atoms with van der Waals surface area (Å²) in [5.41, 5.74) is 0.481. The van der Waals surface area contributed by atoms with E-state index in [-0.39, 0.29) is 24.3 Å². The number of hydrogen-bond donors (Lipinski definition) is 4. The Kier molecular flexibility index (Phi) is 7.63. The lowest BCUT2D eigenvalue weighted by atomic mass is 10.0. The standard InChI is InChI=1S/C22H26F3N7O5/c1-12(22(23,24)25)28-20(35)18-27-8-16-19(30-18)32(13-3-2-6-31(16)9-13)21(36)29-17-7-15(4-5-26-17)37-11-14(34)10-33/h4-5,7-8,12-14,33-34H,2-3,6,9-11H2,1H3,(H,28,35)(H,26,29,36)/t12?,13-,14?/m0/s1. The number of alkyl halides is 3. The van der Waals surface area contributed by atoms with Crippen molar-refractivity contribution in [3.63, 3.8) is 0 Å². The molecule has 4 N–H and O–H groups in total. The number of aromatic nitrogens is 3. The summed E-state index contributed by atoms with van der Waals surface area (Å²) in [6, 6.07) is -0.0880. The van der Waals surface area contributed by atoms with Crippen LogP contribution in [0.4, 0.5) is 35.3 Å². The second-order valence-electron chi connectivity index (χ2n) is 8.71. The number of rotatable bonds is 7. The fourth-order valence-corrected chi connectivity index (χ4v) is 4.02. The number of amides is 3. The topological polar surface area (TPSA) is 153 Å². The number of carbonyl (C=O) groups is 2. The third kappa shape index (κ3) is 5.99. The molecule has 2 aromatic rings. The van der Waals surface area contributed by atoms with E-state index >= 15 is 0 Å². The Hall–Kier alpha value is -3.72. The molecule has 2 unspecified atom stereocenters. The molecule has 2 aromatic heterocycles. The van der Waals surface area contributed by atoms with Crippen LogP contribution < -0.4 is 25.2 Å². The summed E-state index contributed by atoms with van der Waals surface area (Å²) in [7, 11) is 0. The van der Waals surface area contributed by atoms with Gasteiger partial charge in [-0.2, -0.15) is 13.2 Å². The monoisotopic (exact) mass is 525 g/mol. The van der Waals surface area contributed by atoms with E-state index in [1.165, 1.54) is 29.4 Å². The lowest BCUT2D eigenvalue weighted by molar-refractivity contribution is -0.149. The van der Waals surface area contributed by atoms with Crippen molar-refractivity contribution in [3.8, 4) is 5.75 Å². The van der Waals surface area contributed by atoms with Crippen LogP contribution in [0, 0.1) is 0 Å². The molecule has 4 rings (SSSR count). The zero-order valence-electron chi connectivity index (χ0n) is 19.8. The van der Waals surface area contributed by atoms with Crippen molar-refractivity contribution in [2.75, 3.05) is 41.4 Å². The fourth-order valence-electron chi connectivity index (χ4n) is 4.02. The van der Waals surface area contributed by atoms with E-state index in [9.17, 15) is 27.9 Å². The number of anilines is 3. The van der Waals surface area contributed by atoms with E-state index in [1.54, 1.807) is 0 Å². The first-order valence-corrected chi connectivity index (χ1v) is 11.5. The number of nitrogens with one attached hydrogen (secondary N) is 2. The third-order valence-electron chi connectivity index (χ3n) is 5.96. The van der Waals surface area contributed by atoms with Gasteiger partial charge in [-0.05, 0) is 25.8 Å².